The van der Waals surface area contributed by atoms with E-state index in [-0.39, 0.29) is 5.28 Å². The van der Waals surface area contributed by atoms with Crippen molar-refractivity contribution in [2.45, 2.75) is 6.54 Å². The van der Waals surface area contributed by atoms with E-state index in [0.717, 1.165) is 11.3 Å². The first-order valence-corrected chi connectivity index (χ1v) is 3.74. The van der Waals surface area contributed by atoms with Gasteiger partial charge in [0.05, 0.1) is 12.2 Å². The third kappa shape index (κ3) is 1.10. The van der Waals surface area contributed by atoms with Gasteiger partial charge in [0.25, 0.3) is 0 Å². The predicted molar refractivity (Wildman–Crippen MR) is 43.4 cm³/mol. The van der Waals surface area contributed by atoms with Crippen molar-refractivity contribution < 1.29 is 0 Å². The molecule has 0 fully saturated rings. The van der Waals surface area contributed by atoms with Gasteiger partial charge in [-0.1, -0.05) is 11.6 Å². The molecule has 0 radical (unpaired) electrons. The van der Waals surface area contributed by atoms with Crippen LogP contribution in [0.15, 0.2) is 4.99 Å². The van der Waals surface area contributed by atoms with Gasteiger partial charge < -0.3 is 0 Å². The lowest BCUT2D eigenvalue weighted by Crippen LogP contribution is -1.94. The summed E-state index contributed by atoms with van der Waals surface area (Å²) in [7, 11) is 0. The van der Waals surface area contributed by atoms with Crippen LogP contribution in [0.1, 0.15) is 11.3 Å². The Morgan fingerprint density at radius 3 is 2.91 bits per heavy atom. The van der Waals surface area contributed by atoms with Gasteiger partial charge in [-0.05, 0) is 11.6 Å². The van der Waals surface area contributed by atoms with Crippen molar-refractivity contribution in [3.63, 3.8) is 0 Å². The van der Waals surface area contributed by atoms with Crippen molar-refractivity contribution >= 4 is 29.4 Å². The van der Waals surface area contributed by atoms with Gasteiger partial charge in [0.1, 0.15) is 5.15 Å². The highest BCUT2D eigenvalue weighted by Gasteiger charge is 2.13. The van der Waals surface area contributed by atoms with Crippen LogP contribution >= 0.6 is 23.2 Å². The van der Waals surface area contributed by atoms with E-state index in [9.17, 15) is 0 Å². The Bertz CT molecular complexity index is 335. The van der Waals surface area contributed by atoms with E-state index < -0.39 is 0 Å². The molecule has 0 atom stereocenters. The molecule has 0 unspecified atom stereocenters. The van der Waals surface area contributed by atoms with Gasteiger partial charge >= 0.3 is 0 Å². The standard InChI is InChI=1S/C6H3Cl2N3/c7-5-3-1-9-2-4(3)10-6(8)11-5/h2H,1H2. The molecule has 1 aromatic heterocycles. The highest BCUT2D eigenvalue weighted by molar-refractivity contribution is 6.32. The second kappa shape index (κ2) is 2.43. The van der Waals surface area contributed by atoms with Gasteiger partial charge in [-0.2, -0.15) is 0 Å². The Hall–Kier alpha value is -0.670. The second-order valence-corrected chi connectivity index (χ2v) is 2.81. The van der Waals surface area contributed by atoms with E-state index in [4.69, 9.17) is 23.2 Å². The topological polar surface area (TPSA) is 38.1 Å². The molecule has 0 saturated heterocycles. The van der Waals surface area contributed by atoms with Crippen LogP contribution in [0.25, 0.3) is 0 Å². The first-order chi connectivity index (χ1) is 5.27. The number of aliphatic imine (C=N–C) groups is 1. The minimum atomic E-state index is 0.169. The van der Waals surface area contributed by atoms with Gasteiger partial charge in [-0.3, -0.25) is 4.99 Å². The van der Waals surface area contributed by atoms with Crippen molar-refractivity contribution in [2.24, 2.45) is 4.99 Å². The molecule has 1 aliphatic heterocycles. The summed E-state index contributed by atoms with van der Waals surface area (Å²) in [5.41, 5.74) is 1.59. The Kier molecular flexibility index (Phi) is 1.55. The average Bonchev–Trinajstić information content (AvgIpc) is 2.34. The summed E-state index contributed by atoms with van der Waals surface area (Å²) in [6, 6.07) is 0. The molecule has 0 bridgehead atoms. The van der Waals surface area contributed by atoms with Gasteiger partial charge in [0.15, 0.2) is 0 Å². The van der Waals surface area contributed by atoms with Crippen molar-refractivity contribution in [1.82, 2.24) is 9.97 Å². The van der Waals surface area contributed by atoms with Crippen LogP contribution < -0.4 is 0 Å². The molecule has 56 valence electrons. The summed E-state index contributed by atoms with van der Waals surface area (Å²) in [5, 5.41) is 0.569. The highest BCUT2D eigenvalue weighted by atomic mass is 35.5. The number of hydrogen-bond acceptors (Lipinski definition) is 3. The van der Waals surface area contributed by atoms with Crippen LogP contribution in [-0.4, -0.2) is 16.2 Å². The quantitative estimate of drug-likeness (QED) is 0.459. The van der Waals surface area contributed by atoms with E-state index in [1.54, 1.807) is 6.21 Å². The summed E-state index contributed by atoms with van der Waals surface area (Å²) < 4.78 is 0. The zero-order valence-electron chi connectivity index (χ0n) is 5.38. The third-order valence-corrected chi connectivity index (χ3v) is 1.91. The Labute approximate surface area is 73.1 Å². The predicted octanol–water partition coefficient (Wildman–Crippen LogP) is 1.72. The molecule has 0 saturated carbocycles. The highest BCUT2D eigenvalue weighted by Crippen LogP contribution is 2.21. The van der Waals surface area contributed by atoms with Crippen molar-refractivity contribution in [2.75, 3.05) is 0 Å². The SMILES string of the molecule is Clc1nc(Cl)c2c(n1)C=NC2. The molecule has 0 aromatic carbocycles. The minimum absolute atomic E-state index is 0.169. The van der Waals surface area contributed by atoms with Crippen LogP contribution in [0.4, 0.5) is 0 Å². The summed E-state index contributed by atoms with van der Waals surface area (Å²) in [6.07, 6.45) is 1.65. The molecular formula is C6H3Cl2N3. The Balaban J connectivity index is 2.66. The van der Waals surface area contributed by atoms with E-state index in [2.05, 4.69) is 15.0 Å². The lowest BCUT2D eigenvalue weighted by molar-refractivity contribution is 1.05. The molecule has 0 amide bonds. The Morgan fingerprint density at radius 1 is 1.27 bits per heavy atom. The summed E-state index contributed by atoms with van der Waals surface area (Å²) in [5.74, 6) is 0. The maximum atomic E-state index is 5.76. The summed E-state index contributed by atoms with van der Waals surface area (Å²) in [4.78, 5) is 11.7. The molecule has 5 heteroatoms. The van der Waals surface area contributed by atoms with E-state index in [1.165, 1.54) is 0 Å². The van der Waals surface area contributed by atoms with Crippen molar-refractivity contribution in [1.29, 1.82) is 0 Å². The normalized spacial score (nSPS) is 13.6. The van der Waals surface area contributed by atoms with E-state index >= 15 is 0 Å². The van der Waals surface area contributed by atoms with Crippen LogP contribution in [0.5, 0.6) is 0 Å². The van der Waals surface area contributed by atoms with Crippen molar-refractivity contribution in [3.8, 4) is 0 Å². The summed E-state index contributed by atoms with van der Waals surface area (Å²) in [6.45, 7) is 0.561. The van der Waals surface area contributed by atoms with Gasteiger partial charge in [0.2, 0.25) is 5.28 Å². The monoisotopic (exact) mass is 187 g/mol. The molecule has 0 N–H and O–H groups in total. The fourth-order valence-corrected chi connectivity index (χ4v) is 1.38. The molecule has 3 nitrogen and oxygen atoms in total. The first kappa shape index (κ1) is 7.00. The Morgan fingerprint density at radius 2 is 2.09 bits per heavy atom. The average molecular weight is 188 g/mol. The number of fused-ring (bicyclic) bond motifs is 1. The number of rotatable bonds is 0. The van der Waals surface area contributed by atoms with Crippen LogP contribution in [0.3, 0.4) is 0 Å². The molecule has 2 rings (SSSR count). The van der Waals surface area contributed by atoms with Crippen LogP contribution in [0.2, 0.25) is 10.4 Å². The largest absolute Gasteiger partial charge is 0.286 e. The zero-order chi connectivity index (χ0) is 7.84. The maximum absolute atomic E-state index is 5.76. The number of halogens is 2. The van der Waals surface area contributed by atoms with E-state index in [0.29, 0.717) is 11.7 Å². The number of nitrogens with zero attached hydrogens (tertiary/aromatic N) is 3. The lowest BCUT2D eigenvalue weighted by Gasteiger charge is -1.97. The third-order valence-electron chi connectivity index (χ3n) is 1.42. The lowest BCUT2D eigenvalue weighted by atomic mass is 10.3. The number of aromatic nitrogens is 2. The van der Waals surface area contributed by atoms with E-state index in [1.807, 2.05) is 0 Å². The number of hydrogen-bond donors (Lipinski definition) is 0. The fourth-order valence-electron chi connectivity index (χ4n) is 0.922. The molecule has 0 aliphatic carbocycles. The summed E-state index contributed by atoms with van der Waals surface area (Å²) >= 11 is 11.3. The molecule has 11 heavy (non-hydrogen) atoms. The zero-order valence-corrected chi connectivity index (χ0v) is 6.89. The smallest absolute Gasteiger partial charge is 0.224 e. The van der Waals surface area contributed by atoms with Gasteiger partial charge in [0, 0.05) is 11.8 Å². The molecule has 0 spiro atoms. The van der Waals surface area contributed by atoms with Gasteiger partial charge in [-0.15, -0.1) is 0 Å². The molecule has 2 heterocycles. The molecule has 1 aliphatic rings. The molecule has 1 aromatic rings. The fraction of sp³-hybridized carbons (Fsp3) is 0.167. The first-order valence-electron chi connectivity index (χ1n) is 2.99. The second-order valence-electron chi connectivity index (χ2n) is 2.12. The van der Waals surface area contributed by atoms with Crippen molar-refractivity contribution in [3.05, 3.63) is 21.7 Å². The van der Waals surface area contributed by atoms with Gasteiger partial charge in [-0.25, -0.2) is 9.97 Å². The minimum Gasteiger partial charge on any atom is -0.286 e. The van der Waals surface area contributed by atoms with Crippen LogP contribution in [0, 0.1) is 0 Å². The molecular weight excluding hydrogens is 185 g/mol. The maximum Gasteiger partial charge on any atom is 0.224 e. The van der Waals surface area contributed by atoms with Crippen LogP contribution in [-0.2, 0) is 6.54 Å².